The van der Waals surface area contributed by atoms with Crippen molar-refractivity contribution in [3.63, 3.8) is 0 Å². The fourth-order valence-electron chi connectivity index (χ4n) is 2.42. The van der Waals surface area contributed by atoms with E-state index in [2.05, 4.69) is 10.1 Å². The minimum atomic E-state index is -0.861. The quantitative estimate of drug-likeness (QED) is 0.909. The summed E-state index contributed by atoms with van der Waals surface area (Å²) in [5.74, 6) is -2.19. The summed E-state index contributed by atoms with van der Waals surface area (Å²) in [5.41, 5.74) is 0.0478. The van der Waals surface area contributed by atoms with Gasteiger partial charge in [0.25, 0.3) is 0 Å². The molecule has 1 fully saturated rings. The Morgan fingerprint density at radius 2 is 2.14 bits per heavy atom. The van der Waals surface area contributed by atoms with Gasteiger partial charge in [-0.05, 0) is 19.8 Å². The number of carbonyl (C=O) groups is 1. The Balaban J connectivity index is 2.03. The van der Waals surface area contributed by atoms with Crippen LogP contribution >= 0.6 is 0 Å². The molecule has 1 aromatic rings. The second kappa shape index (κ2) is 7.40. The van der Waals surface area contributed by atoms with Crippen molar-refractivity contribution < 1.29 is 23.0 Å². The summed E-state index contributed by atoms with van der Waals surface area (Å²) in [6.07, 6.45) is 1.92. The summed E-state index contributed by atoms with van der Waals surface area (Å²) in [4.78, 5) is 13.7. The van der Waals surface area contributed by atoms with Crippen LogP contribution in [0.25, 0.3) is 0 Å². The molecule has 22 heavy (non-hydrogen) atoms. The fraction of sp³-hybridized carbons (Fsp3) is 0.533. The van der Waals surface area contributed by atoms with E-state index >= 15 is 0 Å². The third-order valence-corrected chi connectivity index (χ3v) is 3.57. The van der Waals surface area contributed by atoms with Crippen molar-refractivity contribution in [1.29, 1.82) is 0 Å². The number of carbonyl (C=O) groups excluding carboxylic acids is 1. The van der Waals surface area contributed by atoms with Gasteiger partial charge in [0.2, 0.25) is 0 Å². The zero-order chi connectivity index (χ0) is 16.1. The first kappa shape index (κ1) is 16.5. The van der Waals surface area contributed by atoms with Gasteiger partial charge in [0.15, 0.2) is 17.4 Å². The number of halogens is 2. The Hall–Kier alpha value is -1.89. The van der Waals surface area contributed by atoms with Crippen molar-refractivity contribution in [2.75, 3.05) is 32.1 Å². The Bertz CT molecular complexity index is 511. The number of nitrogens with zero attached hydrogens (tertiary/aromatic N) is 1. The monoisotopic (exact) mass is 314 g/mol. The number of anilines is 1. The van der Waals surface area contributed by atoms with Gasteiger partial charge in [-0.3, -0.25) is 0 Å². The number of urea groups is 1. The van der Waals surface area contributed by atoms with Gasteiger partial charge in [-0.2, -0.15) is 0 Å². The van der Waals surface area contributed by atoms with E-state index in [-0.39, 0.29) is 11.8 Å². The van der Waals surface area contributed by atoms with E-state index in [4.69, 9.17) is 4.74 Å². The van der Waals surface area contributed by atoms with Crippen LogP contribution in [0.5, 0.6) is 5.75 Å². The van der Waals surface area contributed by atoms with Crippen LogP contribution in [-0.2, 0) is 4.74 Å². The second-order valence-corrected chi connectivity index (χ2v) is 5.08. The first-order valence-electron chi connectivity index (χ1n) is 7.25. The van der Waals surface area contributed by atoms with Gasteiger partial charge in [0, 0.05) is 37.5 Å². The lowest BCUT2D eigenvalue weighted by atomic mass is 10.2. The highest BCUT2D eigenvalue weighted by molar-refractivity contribution is 5.89. The van der Waals surface area contributed by atoms with Gasteiger partial charge >= 0.3 is 6.03 Å². The van der Waals surface area contributed by atoms with Crippen LogP contribution in [0.1, 0.15) is 19.8 Å². The summed E-state index contributed by atoms with van der Waals surface area (Å²) in [5, 5.41) is 2.50. The van der Waals surface area contributed by atoms with E-state index in [0.29, 0.717) is 19.7 Å². The molecular weight excluding hydrogens is 294 g/mol. The van der Waals surface area contributed by atoms with Gasteiger partial charge in [0.05, 0.1) is 13.2 Å². The van der Waals surface area contributed by atoms with Crippen LogP contribution < -0.4 is 10.1 Å². The molecular formula is C15H20F2N2O3. The molecule has 0 aliphatic carbocycles. The number of ether oxygens (including phenoxy) is 2. The molecule has 1 aliphatic rings. The van der Waals surface area contributed by atoms with Crippen molar-refractivity contribution in [2.45, 2.75) is 25.9 Å². The van der Waals surface area contributed by atoms with Gasteiger partial charge in [-0.25, -0.2) is 13.6 Å². The first-order valence-corrected chi connectivity index (χ1v) is 7.25. The molecule has 1 atom stereocenters. The second-order valence-electron chi connectivity index (χ2n) is 5.08. The van der Waals surface area contributed by atoms with Crippen LogP contribution in [-0.4, -0.2) is 43.8 Å². The van der Waals surface area contributed by atoms with Crippen LogP contribution in [0.3, 0.4) is 0 Å². The van der Waals surface area contributed by atoms with Crippen LogP contribution in [0.4, 0.5) is 19.3 Å². The normalized spacial score (nSPS) is 17.4. The minimum absolute atomic E-state index is 0.0232. The van der Waals surface area contributed by atoms with Crippen molar-refractivity contribution in [2.24, 2.45) is 0 Å². The molecule has 0 radical (unpaired) electrons. The van der Waals surface area contributed by atoms with Crippen LogP contribution in [0, 0.1) is 11.6 Å². The largest absolute Gasteiger partial charge is 0.491 e. The number of benzene rings is 1. The predicted octanol–water partition coefficient (Wildman–Crippen LogP) is 3.01. The molecule has 1 heterocycles. The maximum Gasteiger partial charge on any atom is 0.321 e. The van der Waals surface area contributed by atoms with Gasteiger partial charge in [0.1, 0.15) is 0 Å². The maximum atomic E-state index is 13.6. The highest BCUT2D eigenvalue weighted by Crippen LogP contribution is 2.25. The summed E-state index contributed by atoms with van der Waals surface area (Å²) in [7, 11) is 1.18. The Kier molecular flexibility index (Phi) is 5.54. The molecule has 0 aromatic heterocycles. The molecule has 1 N–H and O–H groups in total. The number of hydrogen-bond acceptors (Lipinski definition) is 3. The predicted molar refractivity (Wildman–Crippen MR) is 78.1 cm³/mol. The molecule has 0 spiro atoms. The maximum absolute atomic E-state index is 13.6. The van der Waals surface area contributed by atoms with E-state index < -0.39 is 23.4 Å². The van der Waals surface area contributed by atoms with E-state index in [9.17, 15) is 13.6 Å². The van der Waals surface area contributed by atoms with Gasteiger partial charge in [-0.1, -0.05) is 0 Å². The summed E-state index contributed by atoms with van der Waals surface area (Å²) >= 11 is 0. The molecule has 2 rings (SSSR count). The molecule has 1 saturated heterocycles. The van der Waals surface area contributed by atoms with Crippen molar-refractivity contribution >= 4 is 11.7 Å². The average molecular weight is 314 g/mol. The molecule has 0 bridgehead atoms. The summed E-state index contributed by atoms with van der Waals surface area (Å²) in [6.45, 7) is 3.48. The Morgan fingerprint density at radius 1 is 1.45 bits per heavy atom. The lowest BCUT2D eigenvalue weighted by molar-refractivity contribution is 0.0849. The van der Waals surface area contributed by atoms with Crippen molar-refractivity contribution in [3.05, 3.63) is 23.8 Å². The SMILES string of the molecule is CCN(C[C@@H]1CCCO1)C(=O)Nc1cc(F)c(OC)c(F)c1. The molecule has 0 unspecified atom stereocenters. The zero-order valence-electron chi connectivity index (χ0n) is 12.7. The van der Waals surface area contributed by atoms with Crippen molar-refractivity contribution in [1.82, 2.24) is 4.90 Å². The van der Waals surface area contributed by atoms with Crippen LogP contribution in [0.15, 0.2) is 12.1 Å². The topological polar surface area (TPSA) is 50.8 Å². The highest BCUT2D eigenvalue weighted by atomic mass is 19.1. The molecule has 7 heteroatoms. The smallest absolute Gasteiger partial charge is 0.321 e. The first-order chi connectivity index (χ1) is 10.5. The summed E-state index contributed by atoms with van der Waals surface area (Å²) in [6, 6.07) is 1.64. The average Bonchev–Trinajstić information content (AvgIpc) is 2.97. The van der Waals surface area contributed by atoms with E-state index in [1.165, 1.54) is 7.11 Å². The molecule has 5 nitrogen and oxygen atoms in total. The zero-order valence-corrected chi connectivity index (χ0v) is 12.7. The fourth-order valence-corrected chi connectivity index (χ4v) is 2.42. The molecule has 2 amide bonds. The van der Waals surface area contributed by atoms with E-state index in [1.54, 1.807) is 4.90 Å². The lowest BCUT2D eigenvalue weighted by Crippen LogP contribution is -2.40. The lowest BCUT2D eigenvalue weighted by Gasteiger charge is -2.24. The number of methoxy groups -OCH3 is 1. The van der Waals surface area contributed by atoms with Crippen molar-refractivity contribution in [3.8, 4) is 5.75 Å². The standard InChI is InChI=1S/C15H20F2N2O3/c1-3-19(9-11-5-4-6-22-11)15(20)18-10-7-12(16)14(21-2)13(17)8-10/h7-8,11H,3-6,9H2,1-2H3,(H,18,20)/t11-/m0/s1. The highest BCUT2D eigenvalue weighted by Gasteiger charge is 2.22. The number of rotatable bonds is 5. The third-order valence-electron chi connectivity index (χ3n) is 3.57. The third kappa shape index (κ3) is 3.85. The molecule has 0 saturated carbocycles. The molecule has 1 aromatic carbocycles. The van der Waals surface area contributed by atoms with E-state index in [0.717, 1.165) is 25.0 Å². The van der Waals surface area contributed by atoms with Gasteiger partial charge in [-0.15, -0.1) is 0 Å². The number of hydrogen-bond donors (Lipinski definition) is 1. The number of likely N-dealkylation sites (N-methyl/N-ethyl adjacent to an activating group) is 1. The Labute approximate surface area is 128 Å². The van der Waals surface area contributed by atoms with Crippen LogP contribution in [0.2, 0.25) is 0 Å². The van der Waals surface area contributed by atoms with E-state index in [1.807, 2.05) is 6.92 Å². The molecule has 122 valence electrons. The number of amides is 2. The Morgan fingerprint density at radius 3 is 2.64 bits per heavy atom. The van der Waals surface area contributed by atoms with Gasteiger partial charge < -0.3 is 19.7 Å². The minimum Gasteiger partial charge on any atom is -0.491 e. The number of nitrogens with one attached hydrogen (secondary N) is 1. The summed E-state index contributed by atoms with van der Waals surface area (Å²) < 4.78 is 37.3. The molecule has 1 aliphatic heterocycles.